The average molecular weight is 485 g/mol. The van der Waals surface area contributed by atoms with E-state index in [1.54, 1.807) is 6.08 Å². The normalized spacial score (nSPS) is 21.1. The number of anilines is 1. The largest absolute Gasteiger partial charge is 0.489 e. The summed E-state index contributed by atoms with van der Waals surface area (Å²) in [5.74, 6) is 1.82. The molecule has 160 valence electrons. The molecular weight excluding hydrogens is 460 g/mol. The summed E-state index contributed by atoms with van der Waals surface area (Å²) in [4.78, 5) is 4.69. The fourth-order valence-corrected chi connectivity index (χ4v) is 5.06. The van der Waals surface area contributed by atoms with E-state index in [0.717, 1.165) is 27.9 Å². The highest BCUT2D eigenvalue weighted by atomic mass is 79.9. The second kappa shape index (κ2) is 9.17. The van der Waals surface area contributed by atoms with Crippen molar-refractivity contribution in [1.82, 2.24) is 0 Å². The Morgan fingerprint density at radius 2 is 1.94 bits per heavy atom. The monoisotopic (exact) mass is 484 g/mol. The number of hydrogen-bond donors (Lipinski definition) is 1. The van der Waals surface area contributed by atoms with Gasteiger partial charge in [0.2, 0.25) is 0 Å². The molecule has 0 unspecified atom stereocenters. The molecule has 5 rings (SSSR count). The smallest absolute Gasteiger partial charge is 0.128 e. The molecule has 3 nitrogen and oxygen atoms in total. The van der Waals surface area contributed by atoms with Crippen LogP contribution in [0, 0.1) is 5.92 Å². The molecular formula is C28H25BrN2O. The topological polar surface area (TPSA) is 33.6 Å². The molecule has 0 fully saturated rings. The van der Waals surface area contributed by atoms with Crippen LogP contribution in [0.25, 0.3) is 0 Å². The second-order valence-corrected chi connectivity index (χ2v) is 9.11. The van der Waals surface area contributed by atoms with Crippen LogP contribution in [0.3, 0.4) is 0 Å². The molecule has 0 saturated carbocycles. The third kappa shape index (κ3) is 4.15. The van der Waals surface area contributed by atoms with Crippen LogP contribution in [0.15, 0.2) is 101 Å². The third-order valence-corrected chi connectivity index (χ3v) is 6.70. The first-order valence-electron chi connectivity index (χ1n) is 10.9. The third-order valence-electron chi connectivity index (χ3n) is 6.21. The minimum Gasteiger partial charge on any atom is -0.489 e. The van der Waals surface area contributed by atoms with Gasteiger partial charge in [0.05, 0.1) is 11.7 Å². The van der Waals surface area contributed by atoms with Gasteiger partial charge in [-0.3, -0.25) is 4.99 Å². The molecule has 1 aliphatic carbocycles. The van der Waals surface area contributed by atoms with Crippen molar-refractivity contribution in [2.45, 2.75) is 18.4 Å². The zero-order chi connectivity index (χ0) is 21.9. The summed E-state index contributed by atoms with van der Waals surface area (Å²) >= 11 is 3.53. The molecule has 3 aromatic carbocycles. The molecule has 0 bridgehead atoms. The van der Waals surface area contributed by atoms with E-state index < -0.39 is 0 Å². The first-order chi connectivity index (χ1) is 15.7. The Kier molecular flexibility index (Phi) is 5.95. The summed E-state index contributed by atoms with van der Waals surface area (Å²) in [6, 6.07) is 23.5. The molecule has 0 radical (unpaired) electrons. The number of nitrogens with zero attached hydrogens (tertiary/aromatic N) is 1. The molecule has 1 heterocycles. The molecule has 1 N–H and O–H groups in total. The van der Waals surface area contributed by atoms with E-state index in [1.165, 1.54) is 16.8 Å². The molecule has 3 aromatic rings. The van der Waals surface area contributed by atoms with E-state index in [0.29, 0.717) is 24.5 Å². The molecule has 3 atom stereocenters. The summed E-state index contributed by atoms with van der Waals surface area (Å²) in [6.45, 7) is 4.18. The number of benzene rings is 3. The zero-order valence-corrected chi connectivity index (χ0v) is 19.3. The predicted octanol–water partition coefficient (Wildman–Crippen LogP) is 7.59. The Balaban J connectivity index is 1.37. The van der Waals surface area contributed by atoms with Crippen molar-refractivity contribution in [3.63, 3.8) is 0 Å². The van der Waals surface area contributed by atoms with Gasteiger partial charge >= 0.3 is 0 Å². The highest BCUT2D eigenvalue weighted by molar-refractivity contribution is 9.10. The Morgan fingerprint density at radius 3 is 2.78 bits per heavy atom. The molecule has 1 aliphatic heterocycles. The quantitative estimate of drug-likeness (QED) is 0.288. The van der Waals surface area contributed by atoms with Gasteiger partial charge in [0, 0.05) is 27.9 Å². The number of nitrogens with one attached hydrogen (secondary N) is 1. The summed E-state index contributed by atoms with van der Waals surface area (Å²) in [7, 11) is 0. The van der Waals surface area contributed by atoms with E-state index in [9.17, 15) is 0 Å². The van der Waals surface area contributed by atoms with Gasteiger partial charge < -0.3 is 10.1 Å². The highest BCUT2D eigenvalue weighted by Gasteiger charge is 2.37. The fraction of sp³-hybridized carbons (Fsp3) is 0.179. The van der Waals surface area contributed by atoms with Crippen molar-refractivity contribution < 1.29 is 4.74 Å². The van der Waals surface area contributed by atoms with Crippen molar-refractivity contribution in [2.24, 2.45) is 10.9 Å². The van der Waals surface area contributed by atoms with Crippen molar-refractivity contribution in [3.05, 3.63) is 113 Å². The first-order valence-corrected chi connectivity index (χ1v) is 11.7. The predicted molar refractivity (Wildman–Crippen MR) is 136 cm³/mol. The van der Waals surface area contributed by atoms with E-state index in [1.807, 2.05) is 24.4 Å². The van der Waals surface area contributed by atoms with Gasteiger partial charge in [-0.25, -0.2) is 0 Å². The van der Waals surface area contributed by atoms with Gasteiger partial charge in [-0.1, -0.05) is 71.1 Å². The van der Waals surface area contributed by atoms with Gasteiger partial charge in [-0.05, 0) is 59.9 Å². The van der Waals surface area contributed by atoms with Crippen LogP contribution in [0.2, 0.25) is 0 Å². The van der Waals surface area contributed by atoms with Gasteiger partial charge in [0.1, 0.15) is 12.4 Å². The number of para-hydroxylation sites is 1. The number of halogens is 1. The number of hydrogen-bond acceptors (Lipinski definition) is 3. The SMILES string of the molecule is C=CCOc1ccc(Br)cc1C=Nc1ccc([C@@H]2Nc3ccccc3[C@@H]3C=CC[C@H]32)cc1. The maximum absolute atomic E-state index is 5.75. The highest BCUT2D eigenvalue weighted by Crippen LogP contribution is 2.49. The number of ether oxygens (including phenoxy) is 1. The lowest BCUT2D eigenvalue weighted by atomic mass is 9.77. The average Bonchev–Trinajstić information content (AvgIpc) is 3.32. The second-order valence-electron chi connectivity index (χ2n) is 8.19. The summed E-state index contributed by atoms with van der Waals surface area (Å²) in [6.07, 6.45) is 9.40. The molecule has 2 aliphatic rings. The lowest BCUT2D eigenvalue weighted by Gasteiger charge is -2.37. The van der Waals surface area contributed by atoms with E-state index in [2.05, 4.69) is 88.5 Å². The van der Waals surface area contributed by atoms with Crippen LogP contribution < -0.4 is 10.1 Å². The summed E-state index contributed by atoms with van der Waals surface area (Å²) < 4.78 is 6.74. The van der Waals surface area contributed by atoms with Crippen molar-refractivity contribution >= 4 is 33.5 Å². The van der Waals surface area contributed by atoms with Crippen LogP contribution in [0.4, 0.5) is 11.4 Å². The minimum absolute atomic E-state index is 0.298. The molecule has 0 saturated heterocycles. The molecule has 0 amide bonds. The Bertz CT molecular complexity index is 1180. The van der Waals surface area contributed by atoms with Crippen LogP contribution >= 0.6 is 15.9 Å². The minimum atomic E-state index is 0.298. The van der Waals surface area contributed by atoms with E-state index >= 15 is 0 Å². The number of rotatable bonds is 6. The molecule has 0 spiro atoms. The van der Waals surface area contributed by atoms with Gasteiger partial charge in [-0.15, -0.1) is 0 Å². The zero-order valence-electron chi connectivity index (χ0n) is 17.7. The lowest BCUT2D eigenvalue weighted by Crippen LogP contribution is -2.28. The fourth-order valence-electron chi connectivity index (χ4n) is 4.69. The lowest BCUT2D eigenvalue weighted by molar-refractivity contribution is 0.362. The van der Waals surface area contributed by atoms with Gasteiger partial charge in [0.25, 0.3) is 0 Å². The maximum atomic E-state index is 5.75. The molecule has 32 heavy (non-hydrogen) atoms. The van der Waals surface area contributed by atoms with Crippen LogP contribution in [0.1, 0.15) is 35.1 Å². The standard InChI is InChI=1S/C28H25BrN2O/c1-2-16-32-27-15-12-21(29)17-20(27)18-30-22-13-10-19(11-14-22)28-25-8-5-7-23(25)24-6-3-4-9-26(24)31-28/h2-7,9-15,17-18,23,25,28,31H,1,8,16H2/t23-,25+,28-/m0/s1. The summed E-state index contributed by atoms with van der Waals surface area (Å²) in [5.41, 5.74) is 5.80. The van der Waals surface area contributed by atoms with Crippen molar-refractivity contribution in [2.75, 3.05) is 11.9 Å². The molecule has 0 aromatic heterocycles. The van der Waals surface area contributed by atoms with Crippen LogP contribution in [-0.4, -0.2) is 12.8 Å². The van der Waals surface area contributed by atoms with Gasteiger partial charge in [0.15, 0.2) is 0 Å². The van der Waals surface area contributed by atoms with E-state index in [-0.39, 0.29) is 0 Å². The number of fused-ring (bicyclic) bond motifs is 3. The summed E-state index contributed by atoms with van der Waals surface area (Å²) in [5, 5.41) is 3.79. The molecule has 4 heteroatoms. The van der Waals surface area contributed by atoms with Crippen LogP contribution in [-0.2, 0) is 0 Å². The van der Waals surface area contributed by atoms with Gasteiger partial charge in [-0.2, -0.15) is 0 Å². The maximum Gasteiger partial charge on any atom is 0.128 e. The van der Waals surface area contributed by atoms with Crippen molar-refractivity contribution in [3.8, 4) is 5.75 Å². The Morgan fingerprint density at radius 1 is 1.09 bits per heavy atom. The van der Waals surface area contributed by atoms with Crippen LogP contribution in [0.5, 0.6) is 5.75 Å². The Hall–Kier alpha value is -3.11. The van der Waals surface area contributed by atoms with Crippen molar-refractivity contribution in [1.29, 1.82) is 0 Å². The number of aliphatic imine (C=N–C) groups is 1. The number of allylic oxidation sites excluding steroid dienone is 2. The Labute approximate surface area is 197 Å². The van der Waals surface area contributed by atoms with E-state index in [4.69, 9.17) is 9.73 Å². The first kappa shape index (κ1) is 20.8.